The quantitative estimate of drug-likeness (QED) is 0.162. The van der Waals surface area contributed by atoms with Gasteiger partial charge in [0.1, 0.15) is 18.5 Å². The summed E-state index contributed by atoms with van der Waals surface area (Å²) in [6.07, 6.45) is 5.58. The molecule has 3 fully saturated rings. The van der Waals surface area contributed by atoms with Gasteiger partial charge in [0.15, 0.2) is 0 Å². The van der Waals surface area contributed by atoms with E-state index < -0.39 is 28.4 Å². The third-order valence-corrected chi connectivity index (χ3v) is 8.54. The number of hydrogen-bond acceptors (Lipinski definition) is 7. The first-order valence-electron chi connectivity index (χ1n) is 15.9. The summed E-state index contributed by atoms with van der Waals surface area (Å²) < 4.78 is 38.8. The van der Waals surface area contributed by atoms with Crippen molar-refractivity contribution in [3.05, 3.63) is 97.5 Å². The first-order chi connectivity index (χ1) is 22.5. The molecule has 256 valence electrons. The Hall–Kier alpha value is -3.87. The van der Waals surface area contributed by atoms with E-state index in [1.54, 1.807) is 24.3 Å². The summed E-state index contributed by atoms with van der Waals surface area (Å²) >= 11 is 3.13. The Balaban J connectivity index is 0.000000177. The van der Waals surface area contributed by atoms with Crippen molar-refractivity contribution < 1.29 is 23.0 Å². The highest BCUT2D eigenvalue weighted by atomic mass is 79.9. The van der Waals surface area contributed by atoms with E-state index in [-0.39, 0.29) is 11.4 Å². The predicted molar refractivity (Wildman–Crippen MR) is 185 cm³/mol. The van der Waals surface area contributed by atoms with Crippen molar-refractivity contribution in [3.63, 3.8) is 0 Å². The first kappa shape index (κ1) is 37.6. The Labute approximate surface area is 282 Å². The molecule has 0 aromatic heterocycles. The maximum Gasteiger partial charge on any atom is 0.271 e. The monoisotopic (exact) mass is 721 g/mol. The van der Waals surface area contributed by atoms with Crippen LogP contribution in [0.15, 0.2) is 77.3 Å². The number of benzene rings is 3. The van der Waals surface area contributed by atoms with Crippen molar-refractivity contribution in [2.24, 2.45) is 0 Å². The predicted octanol–water partition coefficient (Wildman–Crippen LogP) is 9.39. The molecule has 2 saturated heterocycles. The molecule has 2 aliphatic heterocycles. The fourth-order valence-electron chi connectivity index (χ4n) is 5.38. The Bertz CT molecular complexity index is 1400. The van der Waals surface area contributed by atoms with Gasteiger partial charge in [-0.2, -0.15) is 0 Å². The topological polar surface area (TPSA) is 119 Å². The molecule has 6 rings (SSSR count). The second-order valence-corrected chi connectivity index (χ2v) is 12.6. The zero-order chi connectivity index (χ0) is 34.2. The number of nitro groups is 2. The third-order valence-electron chi connectivity index (χ3n) is 8.04. The number of halogens is 4. The summed E-state index contributed by atoms with van der Waals surface area (Å²) in [6, 6.07) is 20.5. The van der Waals surface area contributed by atoms with E-state index in [1.807, 2.05) is 35.2 Å². The maximum atomic E-state index is 12.9. The Morgan fingerprint density at radius 3 is 1.45 bits per heavy atom. The number of nitro benzene ring substituents is 2. The van der Waals surface area contributed by atoms with E-state index in [0.29, 0.717) is 38.8 Å². The number of non-ortho nitro benzene ring substituents is 2. The fraction of sp³-hybridized carbons (Fsp3) is 0.471. The van der Waals surface area contributed by atoms with Crippen LogP contribution in [-0.4, -0.2) is 54.5 Å². The lowest BCUT2D eigenvalue weighted by molar-refractivity contribution is -0.385. The van der Waals surface area contributed by atoms with Gasteiger partial charge in [0.2, 0.25) is 0 Å². The van der Waals surface area contributed by atoms with Crippen LogP contribution in [-0.2, 0) is 0 Å². The number of anilines is 3. The van der Waals surface area contributed by atoms with Crippen LogP contribution in [0.1, 0.15) is 57.8 Å². The van der Waals surface area contributed by atoms with Crippen LogP contribution in [0, 0.1) is 20.2 Å². The van der Waals surface area contributed by atoms with Gasteiger partial charge < -0.3 is 15.5 Å². The van der Waals surface area contributed by atoms with E-state index in [1.165, 1.54) is 24.6 Å². The van der Waals surface area contributed by atoms with E-state index in [0.717, 1.165) is 60.3 Å². The van der Waals surface area contributed by atoms with Gasteiger partial charge in [-0.05, 0) is 68.9 Å². The number of nitrogens with zero attached hydrogens (tertiary/aromatic N) is 4. The van der Waals surface area contributed by atoms with Crippen molar-refractivity contribution in [1.82, 2.24) is 0 Å². The summed E-state index contributed by atoms with van der Waals surface area (Å²) in [7, 11) is 0. The van der Waals surface area contributed by atoms with Crippen LogP contribution in [0.5, 0.6) is 0 Å². The highest BCUT2D eigenvalue weighted by molar-refractivity contribution is 9.10. The smallest absolute Gasteiger partial charge is 0.271 e. The Kier molecular flexibility index (Phi) is 15.8. The number of nitrogen functional groups attached to an aromatic ring is 1. The zero-order valence-electron chi connectivity index (χ0n) is 26.4. The molecule has 0 atom stereocenters. The molecule has 0 amide bonds. The summed E-state index contributed by atoms with van der Waals surface area (Å²) in [5, 5.41) is 20.8. The number of nitrogens with two attached hydrogens (primary N) is 1. The van der Waals surface area contributed by atoms with E-state index >= 15 is 0 Å². The van der Waals surface area contributed by atoms with Crippen LogP contribution < -0.4 is 15.5 Å². The molecular weight excluding hydrogens is 679 g/mol. The van der Waals surface area contributed by atoms with Crippen LogP contribution >= 0.6 is 15.9 Å². The van der Waals surface area contributed by atoms with Crippen molar-refractivity contribution in [2.45, 2.75) is 76.3 Å². The molecule has 2 N–H and O–H groups in total. The van der Waals surface area contributed by atoms with E-state index in [9.17, 15) is 33.4 Å². The Morgan fingerprint density at radius 1 is 0.617 bits per heavy atom. The highest BCUT2D eigenvalue weighted by Gasteiger charge is 2.20. The average molecular weight is 723 g/mol. The van der Waals surface area contributed by atoms with Crippen LogP contribution in [0.2, 0.25) is 0 Å². The van der Waals surface area contributed by atoms with Crippen molar-refractivity contribution in [1.29, 1.82) is 0 Å². The first-order valence-corrected chi connectivity index (χ1v) is 16.7. The molecule has 1 aliphatic carbocycles. The minimum Gasteiger partial charge on any atom is -0.399 e. The second kappa shape index (κ2) is 19.7. The molecule has 3 aromatic rings. The summed E-state index contributed by atoms with van der Waals surface area (Å²) in [5.74, 6) is 0. The SMILES string of the molecule is FC1CCCCC1.Nc1cccc(N2CCC(F)CC2)c1.O=[N+]([O-])c1cccc(Br)c1.O=[N+]([O-])c1cccc(N2CCC(F)CC2)c1. The fourth-order valence-corrected chi connectivity index (χ4v) is 5.77. The van der Waals surface area contributed by atoms with Gasteiger partial charge in [-0.25, -0.2) is 13.2 Å². The lowest BCUT2D eigenvalue weighted by atomic mass is 9.99. The third kappa shape index (κ3) is 13.8. The van der Waals surface area contributed by atoms with Gasteiger partial charge in [0, 0.05) is 72.0 Å². The molecule has 13 heteroatoms. The molecule has 9 nitrogen and oxygen atoms in total. The van der Waals surface area contributed by atoms with Crippen LogP contribution in [0.25, 0.3) is 0 Å². The molecule has 1 saturated carbocycles. The largest absolute Gasteiger partial charge is 0.399 e. The van der Waals surface area contributed by atoms with Gasteiger partial charge in [0.05, 0.1) is 9.85 Å². The summed E-state index contributed by atoms with van der Waals surface area (Å²) in [6.45, 7) is 2.85. The van der Waals surface area contributed by atoms with Gasteiger partial charge in [-0.1, -0.05) is 53.4 Å². The number of rotatable bonds is 4. The molecule has 3 aromatic carbocycles. The molecule has 3 aliphatic rings. The lowest BCUT2D eigenvalue weighted by Crippen LogP contribution is -2.34. The lowest BCUT2D eigenvalue weighted by Gasteiger charge is -2.30. The minimum atomic E-state index is -0.727. The van der Waals surface area contributed by atoms with Crippen LogP contribution in [0.3, 0.4) is 0 Å². The highest BCUT2D eigenvalue weighted by Crippen LogP contribution is 2.25. The zero-order valence-corrected chi connectivity index (χ0v) is 27.9. The normalized spacial score (nSPS) is 17.2. The standard InChI is InChI=1S/C11H13FN2O2.C11H15FN2.C6H4BrNO2.C6H11F/c12-9-4-6-13(7-5-9)10-2-1-3-11(8-10)14(15)16;12-9-4-6-14(7-5-9)11-3-1-2-10(13)8-11;7-5-2-1-3-6(4-5)8(9)10;7-6-4-2-1-3-5-6/h1-3,8-9H,4-7H2;1-3,8-9H,4-7,13H2;1-4H;6H,1-5H2. The molecule has 0 bridgehead atoms. The molecule has 0 spiro atoms. The minimum absolute atomic E-state index is 0.0832. The number of piperidine rings is 2. The van der Waals surface area contributed by atoms with Crippen molar-refractivity contribution >= 4 is 44.4 Å². The molecule has 0 unspecified atom stereocenters. The van der Waals surface area contributed by atoms with Gasteiger partial charge in [0.25, 0.3) is 11.4 Å². The number of hydrogen-bond donors (Lipinski definition) is 1. The second-order valence-electron chi connectivity index (χ2n) is 11.7. The van der Waals surface area contributed by atoms with E-state index in [4.69, 9.17) is 5.73 Å². The molecule has 2 heterocycles. The van der Waals surface area contributed by atoms with Crippen LogP contribution in [0.4, 0.5) is 41.6 Å². The average Bonchev–Trinajstić information content (AvgIpc) is 3.07. The maximum absolute atomic E-state index is 12.9. The summed E-state index contributed by atoms with van der Waals surface area (Å²) in [4.78, 5) is 24.1. The van der Waals surface area contributed by atoms with Crippen molar-refractivity contribution in [2.75, 3.05) is 41.7 Å². The Morgan fingerprint density at radius 2 is 1.04 bits per heavy atom. The van der Waals surface area contributed by atoms with Crippen molar-refractivity contribution in [3.8, 4) is 0 Å². The molecule has 47 heavy (non-hydrogen) atoms. The molecular formula is C34H43BrF3N5O4. The van der Waals surface area contributed by atoms with Gasteiger partial charge in [-0.3, -0.25) is 20.2 Å². The summed E-state index contributed by atoms with van der Waals surface area (Å²) in [5.41, 5.74) is 8.56. The molecule has 0 radical (unpaired) electrons. The van der Waals surface area contributed by atoms with Gasteiger partial charge >= 0.3 is 0 Å². The van der Waals surface area contributed by atoms with Gasteiger partial charge in [-0.15, -0.1) is 0 Å². The number of alkyl halides is 3. The van der Waals surface area contributed by atoms with E-state index in [2.05, 4.69) is 20.8 Å².